The van der Waals surface area contributed by atoms with Crippen LogP contribution in [0.2, 0.25) is 0 Å². The summed E-state index contributed by atoms with van der Waals surface area (Å²) in [5, 5.41) is 9.59. The highest BCUT2D eigenvalue weighted by Gasteiger charge is 2.15. The maximum Gasteiger partial charge on any atom is 0.306 e. The molecule has 0 rings (SSSR count). The molecule has 5 nitrogen and oxygen atoms in total. The van der Waals surface area contributed by atoms with Crippen molar-refractivity contribution in [3.05, 3.63) is 72.9 Å². The Morgan fingerprint density at radius 1 is 0.421 bits per heavy atom. The van der Waals surface area contributed by atoms with Crippen LogP contribution in [0.4, 0.5) is 0 Å². The molecule has 0 spiro atoms. The van der Waals surface area contributed by atoms with Crippen LogP contribution in [0.25, 0.3) is 0 Å². The fourth-order valence-corrected chi connectivity index (χ4v) is 6.70. The molecule has 0 aliphatic carbocycles. The van der Waals surface area contributed by atoms with Gasteiger partial charge in [0.1, 0.15) is 6.61 Å². The van der Waals surface area contributed by atoms with Gasteiger partial charge in [0.2, 0.25) is 0 Å². The highest BCUT2D eigenvalue weighted by atomic mass is 16.6. The van der Waals surface area contributed by atoms with Crippen LogP contribution in [0, 0.1) is 0 Å². The van der Waals surface area contributed by atoms with E-state index in [9.17, 15) is 14.7 Å². The molecule has 0 bridgehead atoms. The number of hydrogen-bond donors (Lipinski definition) is 1. The summed E-state index contributed by atoms with van der Waals surface area (Å²) >= 11 is 0. The summed E-state index contributed by atoms with van der Waals surface area (Å²) in [4.78, 5) is 24.4. The number of ether oxygens (including phenoxy) is 2. The van der Waals surface area contributed by atoms with Gasteiger partial charge in [-0.2, -0.15) is 0 Å². The second kappa shape index (κ2) is 47.7. The third-order valence-corrected chi connectivity index (χ3v) is 10.3. The molecule has 0 aromatic rings. The van der Waals surface area contributed by atoms with Crippen molar-refractivity contribution in [3.8, 4) is 0 Å². The van der Waals surface area contributed by atoms with Gasteiger partial charge in [0.15, 0.2) is 6.10 Å². The van der Waals surface area contributed by atoms with Gasteiger partial charge in [-0.05, 0) is 51.4 Å². The Labute approximate surface area is 353 Å². The summed E-state index contributed by atoms with van der Waals surface area (Å²) in [6.45, 7) is 3.98. The van der Waals surface area contributed by atoms with Crippen LogP contribution < -0.4 is 0 Å². The van der Waals surface area contributed by atoms with Gasteiger partial charge in [0.05, 0.1) is 6.61 Å². The molecule has 1 atom stereocenters. The number of hydrogen-bond acceptors (Lipinski definition) is 5. The number of aliphatic hydroxyl groups is 1. The van der Waals surface area contributed by atoms with Crippen LogP contribution in [0.1, 0.15) is 226 Å². The van der Waals surface area contributed by atoms with Gasteiger partial charge >= 0.3 is 11.9 Å². The van der Waals surface area contributed by atoms with Crippen molar-refractivity contribution in [3.63, 3.8) is 0 Å². The Morgan fingerprint density at radius 3 is 1.11 bits per heavy atom. The molecule has 0 fully saturated rings. The first-order valence-electron chi connectivity index (χ1n) is 24.0. The minimum Gasteiger partial charge on any atom is -0.462 e. The molecular weight excluding hydrogens is 705 g/mol. The number of aliphatic hydroxyl groups excluding tert-OH is 1. The van der Waals surface area contributed by atoms with Gasteiger partial charge in [-0.25, -0.2) is 0 Å². The molecule has 1 N–H and O–H groups in total. The highest BCUT2D eigenvalue weighted by Crippen LogP contribution is 2.16. The minimum atomic E-state index is -0.814. The molecule has 0 saturated carbocycles. The first-order chi connectivity index (χ1) is 28.1. The lowest BCUT2D eigenvalue weighted by atomic mass is 10.0. The Kier molecular flexibility index (Phi) is 45.5. The fraction of sp³-hybridized carbons (Fsp3) is 0.731. The number of rotatable bonds is 43. The van der Waals surface area contributed by atoms with Gasteiger partial charge in [0, 0.05) is 12.8 Å². The smallest absolute Gasteiger partial charge is 0.306 e. The van der Waals surface area contributed by atoms with Gasteiger partial charge in [0.25, 0.3) is 0 Å². The normalized spacial score (nSPS) is 12.8. The molecule has 0 amide bonds. The Hall–Kier alpha value is -2.66. The number of esters is 2. The topological polar surface area (TPSA) is 72.8 Å². The molecule has 0 aliphatic rings. The molecule has 5 heteroatoms. The van der Waals surface area contributed by atoms with E-state index in [0.717, 1.165) is 57.8 Å². The zero-order chi connectivity index (χ0) is 41.4. The van der Waals surface area contributed by atoms with E-state index < -0.39 is 12.1 Å². The van der Waals surface area contributed by atoms with Crippen LogP contribution in [0.3, 0.4) is 0 Å². The Bertz CT molecular complexity index is 1040. The lowest BCUT2D eigenvalue weighted by Gasteiger charge is -2.15. The van der Waals surface area contributed by atoms with Gasteiger partial charge in [-0.1, -0.05) is 234 Å². The van der Waals surface area contributed by atoms with Gasteiger partial charge in [-0.15, -0.1) is 0 Å². The Balaban J connectivity index is 3.58. The van der Waals surface area contributed by atoms with Crippen LogP contribution in [0.5, 0.6) is 0 Å². The van der Waals surface area contributed by atoms with Crippen LogP contribution in [-0.4, -0.2) is 36.4 Å². The molecule has 0 heterocycles. The average Bonchev–Trinajstić information content (AvgIpc) is 3.21. The lowest BCUT2D eigenvalue weighted by Crippen LogP contribution is -2.28. The summed E-state index contributed by atoms with van der Waals surface area (Å²) in [6.07, 6.45) is 64.3. The van der Waals surface area contributed by atoms with Crippen molar-refractivity contribution in [1.82, 2.24) is 0 Å². The summed E-state index contributed by atoms with van der Waals surface area (Å²) in [5.41, 5.74) is 0. The molecule has 0 radical (unpaired) electrons. The van der Waals surface area contributed by atoms with E-state index in [0.29, 0.717) is 12.8 Å². The van der Waals surface area contributed by atoms with E-state index in [1.165, 1.54) is 135 Å². The molecule has 1 unspecified atom stereocenters. The second-order valence-electron chi connectivity index (χ2n) is 15.8. The lowest BCUT2D eigenvalue weighted by molar-refractivity contribution is -0.161. The van der Waals surface area contributed by atoms with E-state index in [1.54, 1.807) is 0 Å². The van der Waals surface area contributed by atoms with E-state index >= 15 is 0 Å². The molecule has 0 aromatic carbocycles. The largest absolute Gasteiger partial charge is 0.462 e. The van der Waals surface area contributed by atoms with Crippen molar-refractivity contribution >= 4 is 11.9 Å². The van der Waals surface area contributed by atoms with Crippen LogP contribution in [0.15, 0.2) is 72.9 Å². The quantitative estimate of drug-likeness (QED) is 0.0378. The standard InChI is InChI=1S/C52H90O5/c1-3-5-7-9-11-13-15-17-19-21-23-24-25-26-27-29-30-32-34-36-38-40-42-44-46-51(54)56-49-50(48-53)57-52(55)47-45-43-41-39-37-35-33-31-28-22-20-18-16-14-12-10-8-6-4-2/h6,8,12,14,18,20,28,31,35,37,41,43,50,53H,3-5,7,9-11,13,15-17,19,21-27,29-30,32-34,36,38-40,42,44-49H2,1-2H3/b8-6-,14-12-,20-18-,31-28-,37-35-,43-41-. The predicted molar refractivity (Wildman–Crippen MR) is 246 cm³/mol. The van der Waals surface area contributed by atoms with E-state index in [1.807, 2.05) is 12.2 Å². The fourth-order valence-electron chi connectivity index (χ4n) is 6.70. The second-order valence-corrected chi connectivity index (χ2v) is 15.8. The van der Waals surface area contributed by atoms with E-state index in [-0.39, 0.29) is 25.6 Å². The number of unbranched alkanes of at least 4 members (excludes halogenated alkanes) is 23. The van der Waals surface area contributed by atoms with Crippen molar-refractivity contribution in [2.45, 2.75) is 232 Å². The summed E-state index contributed by atoms with van der Waals surface area (Å²) < 4.78 is 10.6. The first kappa shape index (κ1) is 54.3. The van der Waals surface area contributed by atoms with Crippen molar-refractivity contribution < 1.29 is 24.2 Å². The average molecular weight is 795 g/mol. The van der Waals surface area contributed by atoms with Crippen LogP contribution >= 0.6 is 0 Å². The van der Waals surface area contributed by atoms with Crippen molar-refractivity contribution in [2.75, 3.05) is 13.2 Å². The van der Waals surface area contributed by atoms with E-state index in [2.05, 4.69) is 74.6 Å². The highest BCUT2D eigenvalue weighted by molar-refractivity contribution is 5.70. The molecular formula is C52H90O5. The molecule has 328 valence electrons. The summed E-state index contributed by atoms with van der Waals surface area (Å²) in [5.74, 6) is -0.684. The van der Waals surface area contributed by atoms with Gasteiger partial charge in [-0.3, -0.25) is 9.59 Å². The third kappa shape index (κ3) is 45.9. The SMILES string of the molecule is CC/C=C\C/C=C\C/C=C\C/C=C\C/C=C\C/C=C\CCC(=O)OC(CO)COC(=O)CCCCCCCCCCCCCCCCCCCCCCCCCC. The zero-order valence-electron chi connectivity index (χ0n) is 37.3. The molecule has 0 saturated heterocycles. The van der Waals surface area contributed by atoms with Crippen molar-refractivity contribution in [2.24, 2.45) is 0 Å². The summed E-state index contributed by atoms with van der Waals surface area (Å²) in [7, 11) is 0. The van der Waals surface area contributed by atoms with Gasteiger partial charge < -0.3 is 14.6 Å². The molecule has 0 aromatic heterocycles. The van der Waals surface area contributed by atoms with Crippen LogP contribution in [-0.2, 0) is 19.1 Å². The predicted octanol–water partition coefficient (Wildman–Crippen LogP) is 15.7. The van der Waals surface area contributed by atoms with Crippen molar-refractivity contribution in [1.29, 1.82) is 0 Å². The molecule has 0 aliphatic heterocycles. The summed E-state index contributed by atoms with van der Waals surface area (Å²) in [6, 6.07) is 0. The number of carbonyl (C=O) groups excluding carboxylic acids is 2. The first-order valence-corrected chi connectivity index (χ1v) is 24.0. The minimum absolute atomic E-state index is 0.0968. The molecule has 57 heavy (non-hydrogen) atoms. The Morgan fingerprint density at radius 2 is 0.754 bits per heavy atom. The number of allylic oxidation sites excluding steroid dienone is 12. The monoisotopic (exact) mass is 795 g/mol. The maximum absolute atomic E-state index is 12.2. The third-order valence-electron chi connectivity index (χ3n) is 10.3. The maximum atomic E-state index is 12.2. The van der Waals surface area contributed by atoms with E-state index in [4.69, 9.17) is 9.47 Å². The number of carbonyl (C=O) groups is 2. The zero-order valence-corrected chi connectivity index (χ0v) is 37.3.